The molecule has 13 heavy (non-hydrogen) atoms. The minimum atomic E-state index is -0.720. The van der Waals surface area contributed by atoms with Gasteiger partial charge in [0, 0.05) is 0 Å². The third-order valence-corrected chi connectivity index (χ3v) is 1.67. The average Bonchev–Trinajstić information content (AvgIpc) is 2.57. The van der Waals surface area contributed by atoms with Crippen LogP contribution in [0.15, 0.2) is 12.7 Å². The van der Waals surface area contributed by atoms with Crippen LogP contribution in [0.3, 0.4) is 0 Å². The number of carboxylic acid groups (broad SMARTS) is 1. The van der Waals surface area contributed by atoms with E-state index in [9.17, 15) is 9.59 Å². The monoisotopic (exact) mass is 205 g/mol. The quantitative estimate of drug-likeness (QED) is 0.516. The molecule has 0 aromatic rings. The van der Waals surface area contributed by atoms with Crippen LogP contribution in [-0.2, 0) is 9.59 Å². The van der Waals surface area contributed by atoms with E-state index in [0.29, 0.717) is 0 Å². The number of carboxylic acids is 1. The summed E-state index contributed by atoms with van der Waals surface area (Å²) in [6, 6.07) is -0.269. The highest BCUT2D eigenvalue weighted by atomic mass is 35.5. The van der Waals surface area contributed by atoms with Gasteiger partial charge in [-0.2, -0.15) is 0 Å². The highest BCUT2D eigenvalue weighted by Gasteiger charge is 2.20. The molecule has 0 aliphatic carbocycles. The smallest absolute Gasteiger partial charge is 0.320 e. The lowest BCUT2D eigenvalue weighted by Crippen LogP contribution is -2.29. The summed E-state index contributed by atoms with van der Waals surface area (Å²) in [4.78, 5) is 19.6. The summed E-state index contributed by atoms with van der Waals surface area (Å²) in [6.07, 6.45) is 2.83. The lowest BCUT2D eigenvalue weighted by Gasteiger charge is -1.99. The summed E-state index contributed by atoms with van der Waals surface area (Å²) in [5.41, 5.74) is 0. The molecule has 4 nitrogen and oxygen atoms in total. The van der Waals surface area contributed by atoms with Gasteiger partial charge in [-0.1, -0.05) is 6.58 Å². The number of allylic oxidation sites excluding steroid dienone is 1. The summed E-state index contributed by atoms with van der Waals surface area (Å²) in [6.45, 7) is 3.94. The molecule has 0 aromatic carbocycles. The second-order valence-electron chi connectivity index (χ2n) is 2.50. The van der Waals surface area contributed by atoms with E-state index in [2.05, 4.69) is 11.9 Å². The van der Waals surface area contributed by atoms with Gasteiger partial charge in [0.2, 0.25) is 5.24 Å². The standard InChI is InChI=1S/C5H9NO2.C3H3ClO/c7-5(8)4-2-1-3-6-4;1-2-3(4)5/h4,6H,1-3H2,(H,7,8);2H,1H2/t4-;/m0./s1. The SMILES string of the molecule is C=CC(=O)Cl.O=C(O)[C@@H]1CCCN1. The molecule has 1 rings (SSSR count). The van der Waals surface area contributed by atoms with Crippen molar-refractivity contribution in [1.82, 2.24) is 5.32 Å². The molecule has 1 atom stereocenters. The van der Waals surface area contributed by atoms with Crippen molar-refractivity contribution < 1.29 is 14.7 Å². The van der Waals surface area contributed by atoms with E-state index < -0.39 is 11.2 Å². The van der Waals surface area contributed by atoms with Gasteiger partial charge in [0.1, 0.15) is 6.04 Å². The first-order valence-corrected chi connectivity index (χ1v) is 4.23. The Morgan fingerprint density at radius 1 is 1.62 bits per heavy atom. The number of halogens is 1. The molecule has 0 unspecified atom stereocenters. The van der Waals surface area contributed by atoms with Crippen LogP contribution in [-0.4, -0.2) is 28.9 Å². The molecule has 1 heterocycles. The van der Waals surface area contributed by atoms with Crippen molar-refractivity contribution in [2.24, 2.45) is 0 Å². The van der Waals surface area contributed by atoms with Crippen molar-refractivity contribution in [1.29, 1.82) is 0 Å². The Hall–Kier alpha value is -0.870. The third-order valence-electron chi connectivity index (χ3n) is 1.52. The number of nitrogens with one attached hydrogen (secondary N) is 1. The van der Waals surface area contributed by atoms with Gasteiger partial charge in [0.25, 0.3) is 0 Å². The number of carbonyl (C=O) groups is 2. The van der Waals surface area contributed by atoms with E-state index in [1.54, 1.807) is 0 Å². The number of carbonyl (C=O) groups excluding carboxylic acids is 1. The second kappa shape index (κ2) is 6.62. The molecule has 0 saturated carbocycles. The Balaban J connectivity index is 0.000000252. The van der Waals surface area contributed by atoms with Crippen LogP contribution in [0.4, 0.5) is 0 Å². The summed E-state index contributed by atoms with van der Waals surface area (Å²) >= 11 is 4.71. The predicted octanol–water partition coefficient (Wildman–Crippen LogP) is 0.761. The highest BCUT2D eigenvalue weighted by Crippen LogP contribution is 2.03. The topological polar surface area (TPSA) is 66.4 Å². The lowest BCUT2D eigenvalue weighted by molar-refractivity contribution is -0.139. The second-order valence-corrected chi connectivity index (χ2v) is 2.87. The molecule has 2 N–H and O–H groups in total. The van der Waals surface area contributed by atoms with Gasteiger partial charge in [-0.15, -0.1) is 0 Å². The van der Waals surface area contributed by atoms with Crippen molar-refractivity contribution in [2.75, 3.05) is 6.54 Å². The van der Waals surface area contributed by atoms with Gasteiger partial charge in [0.15, 0.2) is 0 Å². The first-order chi connectivity index (χ1) is 6.07. The van der Waals surface area contributed by atoms with Crippen molar-refractivity contribution in [3.8, 4) is 0 Å². The van der Waals surface area contributed by atoms with Crippen LogP contribution in [0.25, 0.3) is 0 Å². The van der Waals surface area contributed by atoms with E-state index in [0.717, 1.165) is 25.5 Å². The van der Waals surface area contributed by atoms with Crippen molar-refractivity contribution in [3.05, 3.63) is 12.7 Å². The molecule has 1 saturated heterocycles. The highest BCUT2D eigenvalue weighted by molar-refractivity contribution is 6.66. The van der Waals surface area contributed by atoms with Gasteiger partial charge in [-0.05, 0) is 37.1 Å². The number of hydrogen-bond donors (Lipinski definition) is 2. The van der Waals surface area contributed by atoms with Crippen molar-refractivity contribution in [3.63, 3.8) is 0 Å². The van der Waals surface area contributed by atoms with Crippen LogP contribution in [0.2, 0.25) is 0 Å². The Morgan fingerprint density at radius 2 is 2.15 bits per heavy atom. The molecular formula is C8H12ClNO3. The van der Waals surface area contributed by atoms with Crippen molar-refractivity contribution >= 4 is 22.8 Å². The van der Waals surface area contributed by atoms with Crippen LogP contribution in [0, 0.1) is 0 Å². The van der Waals surface area contributed by atoms with E-state index in [4.69, 9.17) is 16.7 Å². The summed E-state index contributed by atoms with van der Waals surface area (Å²) < 4.78 is 0. The van der Waals surface area contributed by atoms with Crippen molar-refractivity contribution in [2.45, 2.75) is 18.9 Å². The van der Waals surface area contributed by atoms with Crippen LogP contribution >= 0.6 is 11.6 Å². The molecule has 0 spiro atoms. The molecule has 1 fully saturated rings. The minimum Gasteiger partial charge on any atom is -0.480 e. The predicted molar refractivity (Wildman–Crippen MR) is 49.7 cm³/mol. The number of rotatable bonds is 2. The van der Waals surface area contributed by atoms with Crippen LogP contribution < -0.4 is 5.32 Å². The average molecular weight is 206 g/mol. The van der Waals surface area contributed by atoms with Gasteiger partial charge in [0.05, 0.1) is 0 Å². The fourth-order valence-corrected chi connectivity index (χ4v) is 0.895. The maximum atomic E-state index is 10.1. The molecule has 1 aliphatic heterocycles. The first kappa shape index (κ1) is 12.1. The normalized spacial score (nSPS) is 19.9. The Labute approximate surface area is 81.6 Å². The number of hydrogen-bond acceptors (Lipinski definition) is 3. The maximum absolute atomic E-state index is 10.1. The zero-order valence-corrected chi connectivity index (χ0v) is 7.88. The zero-order chi connectivity index (χ0) is 10.3. The van der Waals surface area contributed by atoms with Crippen LogP contribution in [0.5, 0.6) is 0 Å². The van der Waals surface area contributed by atoms with Crippen LogP contribution in [0.1, 0.15) is 12.8 Å². The van der Waals surface area contributed by atoms with E-state index >= 15 is 0 Å². The fraction of sp³-hybridized carbons (Fsp3) is 0.500. The Morgan fingerprint density at radius 3 is 2.31 bits per heavy atom. The zero-order valence-electron chi connectivity index (χ0n) is 7.12. The minimum absolute atomic E-state index is 0.269. The Bertz CT molecular complexity index is 200. The first-order valence-electron chi connectivity index (χ1n) is 3.86. The fourth-order valence-electron chi connectivity index (χ4n) is 0.895. The third kappa shape index (κ3) is 6.31. The largest absolute Gasteiger partial charge is 0.480 e. The molecule has 0 radical (unpaired) electrons. The molecule has 5 heteroatoms. The van der Waals surface area contributed by atoms with E-state index in [1.165, 1.54) is 0 Å². The summed E-state index contributed by atoms with van der Waals surface area (Å²) in [7, 11) is 0. The number of aliphatic carboxylic acids is 1. The summed E-state index contributed by atoms with van der Waals surface area (Å²) in [5.74, 6) is -0.720. The molecule has 1 aliphatic rings. The summed E-state index contributed by atoms with van der Waals surface area (Å²) in [5, 5.41) is 10.7. The van der Waals surface area contributed by atoms with E-state index in [1.807, 2.05) is 0 Å². The van der Waals surface area contributed by atoms with Gasteiger partial charge < -0.3 is 10.4 Å². The van der Waals surface area contributed by atoms with E-state index in [-0.39, 0.29) is 6.04 Å². The maximum Gasteiger partial charge on any atom is 0.320 e. The molecule has 0 bridgehead atoms. The Kier molecular flexibility index (Phi) is 6.18. The lowest BCUT2D eigenvalue weighted by atomic mass is 10.2. The molecule has 0 aromatic heterocycles. The van der Waals surface area contributed by atoms with Gasteiger partial charge >= 0.3 is 5.97 Å². The molecular weight excluding hydrogens is 194 g/mol. The van der Waals surface area contributed by atoms with Gasteiger partial charge in [-0.25, -0.2) is 0 Å². The molecule has 74 valence electrons. The van der Waals surface area contributed by atoms with Gasteiger partial charge in [-0.3, -0.25) is 9.59 Å². The molecule has 0 amide bonds.